The van der Waals surface area contributed by atoms with Crippen LogP contribution in [0, 0.1) is 5.92 Å². The van der Waals surface area contributed by atoms with Crippen LogP contribution in [0.1, 0.15) is 40.0 Å². The smallest absolute Gasteiger partial charge is 0.0197 e. The van der Waals surface area contributed by atoms with E-state index in [1.165, 1.54) is 45.4 Å². The maximum absolute atomic E-state index is 3.71. The Morgan fingerprint density at radius 1 is 1.24 bits per heavy atom. The van der Waals surface area contributed by atoms with E-state index in [1.54, 1.807) is 0 Å². The van der Waals surface area contributed by atoms with Crippen LogP contribution in [0.2, 0.25) is 0 Å². The van der Waals surface area contributed by atoms with E-state index in [4.69, 9.17) is 0 Å². The third-order valence-electron chi connectivity index (χ3n) is 4.15. The molecule has 2 saturated heterocycles. The number of rotatable bonds is 3. The highest BCUT2D eigenvalue weighted by atomic mass is 32.2. The molecule has 2 aliphatic heterocycles. The molecule has 1 N–H and O–H groups in total. The van der Waals surface area contributed by atoms with Gasteiger partial charge in [0.1, 0.15) is 0 Å². The van der Waals surface area contributed by atoms with E-state index in [2.05, 4.69) is 42.7 Å². The van der Waals surface area contributed by atoms with E-state index in [0.29, 0.717) is 0 Å². The van der Waals surface area contributed by atoms with Crippen molar-refractivity contribution in [2.75, 3.05) is 26.2 Å². The second kappa shape index (κ2) is 6.44. The van der Waals surface area contributed by atoms with Gasteiger partial charge >= 0.3 is 0 Å². The lowest BCUT2D eigenvalue weighted by Crippen LogP contribution is -2.50. The first kappa shape index (κ1) is 13.7. The first-order valence-corrected chi connectivity index (χ1v) is 8.22. The molecule has 0 radical (unpaired) electrons. The summed E-state index contributed by atoms with van der Waals surface area (Å²) < 4.78 is 0. The maximum atomic E-state index is 3.71. The first-order valence-electron chi connectivity index (χ1n) is 7.28. The Morgan fingerprint density at radius 2 is 1.94 bits per heavy atom. The summed E-state index contributed by atoms with van der Waals surface area (Å²) in [6.45, 7) is 12.2. The Morgan fingerprint density at radius 3 is 2.59 bits per heavy atom. The zero-order valence-electron chi connectivity index (χ0n) is 11.6. The highest BCUT2D eigenvalue weighted by Crippen LogP contribution is 2.26. The van der Waals surface area contributed by atoms with Crippen LogP contribution in [0.3, 0.4) is 0 Å². The number of nitrogens with one attached hydrogen (secondary N) is 1. The van der Waals surface area contributed by atoms with Gasteiger partial charge in [0, 0.05) is 36.2 Å². The Kier molecular flexibility index (Phi) is 5.19. The average molecular weight is 256 g/mol. The van der Waals surface area contributed by atoms with Crippen LogP contribution in [-0.4, -0.2) is 47.6 Å². The Hall–Kier alpha value is 0.270. The van der Waals surface area contributed by atoms with E-state index in [-0.39, 0.29) is 0 Å². The molecule has 0 aromatic carbocycles. The monoisotopic (exact) mass is 256 g/mol. The van der Waals surface area contributed by atoms with Crippen LogP contribution in [0.4, 0.5) is 0 Å². The van der Waals surface area contributed by atoms with Gasteiger partial charge in [0.05, 0.1) is 0 Å². The zero-order valence-corrected chi connectivity index (χ0v) is 12.4. The number of hydrogen-bond acceptors (Lipinski definition) is 3. The van der Waals surface area contributed by atoms with Crippen molar-refractivity contribution in [3.8, 4) is 0 Å². The fourth-order valence-corrected chi connectivity index (χ4v) is 4.74. The molecule has 2 aliphatic rings. The minimum atomic E-state index is 0.746. The van der Waals surface area contributed by atoms with Crippen LogP contribution in [-0.2, 0) is 0 Å². The lowest BCUT2D eigenvalue weighted by atomic mass is 9.90. The Bertz CT molecular complexity index is 224. The second-order valence-corrected chi connectivity index (χ2v) is 7.81. The van der Waals surface area contributed by atoms with Crippen molar-refractivity contribution >= 4 is 11.8 Å². The largest absolute Gasteiger partial charge is 0.313 e. The van der Waals surface area contributed by atoms with Crippen molar-refractivity contribution in [3.63, 3.8) is 0 Å². The predicted molar refractivity (Wildman–Crippen MR) is 77.8 cm³/mol. The summed E-state index contributed by atoms with van der Waals surface area (Å²) >= 11 is 2.15. The Balaban J connectivity index is 1.79. The van der Waals surface area contributed by atoms with Crippen LogP contribution >= 0.6 is 11.8 Å². The van der Waals surface area contributed by atoms with Gasteiger partial charge in [-0.25, -0.2) is 0 Å². The van der Waals surface area contributed by atoms with Crippen molar-refractivity contribution in [3.05, 3.63) is 0 Å². The number of thioether (sulfide) groups is 1. The average Bonchev–Trinajstić information content (AvgIpc) is 2.28. The molecule has 0 amide bonds. The molecule has 4 atom stereocenters. The van der Waals surface area contributed by atoms with E-state index >= 15 is 0 Å². The molecule has 3 heteroatoms. The molecule has 2 rings (SSSR count). The first-order chi connectivity index (χ1) is 8.17. The summed E-state index contributed by atoms with van der Waals surface area (Å²) in [5, 5.41) is 5.33. The molecular weight excluding hydrogens is 228 g/mol. The van der Waals surface area contributed by atoms with Crippen molar-refractivity contribution < 1.29 is 0 Å². The molecule has 0 bridgehead atoms. The van der Waals surface area contributed by atoms with Crippen molar-refractivity contribution in [2.45, 2.75) is 56.6 Å². The maximum Gasteiger partial charge on any atom is 0.0197 e. The van der Waals surface area contributed by atoms with Crippen LogP contribution in [0.15, 0.2) is 0 Å². The van der Waals surface area contributed by atoms with Gasteiger partial charge in [-0.2, -0.15) is 11.8 Å². The molecule has 0 aromatic rings. The molecular formula is C14H28N2S. The summed E-state index contributed by atoms with van der Waals surface area (Å²) in [4.78, 5) is 2.68. The van der Waals surface area contributed by atoms with E-state index in [9.17, 15) is 0 Å². The van der Waals surface area contributed by atoms with Gasteiger partial charge in [-0.1, -0.05) is 27.2 Å². The fraction of sp³-hybridized carbons (Fsp3) is 1.00. The van der Waals surface area contributed by atoms with Crippen molar-refractivity contribution in [1.29, 1.82) is 0 Å². The lowest BCUT2D eigenvalue weighted by molar-refractivity contribution is 0.198. The van der Waals surface area contributed by atoms with Crippen LogP contribution < -0.4 is 5.32 Å². The standard InChI is InChI=1S/C14H28N2S/c1-4-13-5-6-15-14(7-13)10-16-8-11(2)17-12(3)9-16/h11-15H,4-10H2,1-3H3. The normalized spacial score (nSPS) is 40.4. The van der Waals surface area contributed by atoms with Crippen LogP contribution in [0.25, 0.3) is 0 Å². The van der Waals surface area contributed by atoms with Gasteiger partial charge in [-0.05, 0) is 25.3 Å². The topological polar surface area (TPSA) is 15.3 Å². The van der Waals surface area contributed by atoms with Gasteiger partial charge < -0.3 is 5.32 Å². The minimum Gasteiger partial charge on any atom is -0.313 e. The molecule has 0 aliphatic carbocycles. The molecule has 2 fully saturated rings. The summed E-state index contributed by atoms with van der Waals surface area (Å²) in [7, 11) is 0. The summed E-state index contributed by atoms with van der Waals surface area (Å²) in [5.41, 5.74) is 0. The van der Waals surface area contributed by atoms with E-state index in [0.717, 1.165) is 22.5 Å². The number of hydrogen-bond donors (Lipinski definition) is 1. The second-order valence-electron chi connectivity index (χ2n) is 5.93. The molecule has 2 nitrogen and oxygen atoms in total. The van der Waals surface area contributed by atoms with Gasteiger partial charge in [0.25, 0.3) is 0 Å². The van der Waals surface area contributed by atoms with Gasteiger partial charge in [-0.15, -0.1) is 0 Å². The third kappa shape index (κ3) is 4.15. The molecule has 0 spiro atoms. The third-order valence-corrected chi connectivity index (χ3v) is 5.38. The van der Waals surface area contributed by atoms with Gasteiger partial charge in [0.15, 0.2) is 0 Å². The van der Waals surface area contributed by atoms with Gasteiger partial charge in [0.2, 0.25) is 0 Å². The quantitative estimate of drug-likeness (QED) is 0.835. The molecule has 100 valence electrons. The van der Waals surface area contributed by atoms with Crippen LogP contribution in [0.5, 0.6) is 0 Å². The van der Waals surface area contributed by atoms with Gasteiger partial charge in [-0.3, -0.25) is 4.90 Å². The van der Waals surface area contributed by atoms with Crippen molar-refractivity contribution in [1.82, 2.24) is 10.2 Å². The minimum absolute atomic E-state index is 0.746. The number of piperidine rings is 1. The SMILES string of the molecule is CCC1CCNC(CN2CC(C)SC(C)C2)C1. The molecule has 0 saturated carbocycles. The highest BCUT2D eigenvalue weighted by molar-refractivity contribution is 8.00. The predicted octanol–water partition coefficient (Wildman–Crippen LogP) is 2.59. The Labute approximate surface area is 111 Å². The molecule has 0 aromatic heterocycles. The molecule has 2 heterocycles. The summed E-state index contributed by atoms with van der Waals surface area (Å²) in [5.74, 6) is 0.968. The van der Waals surface area contributed by atoms with E-state index < -0.39 is 0 Å². The van der Waals surface area contributed by atoms with Crippen molar-refractivity contribution in [2.24, 2.45) is 5.92 Å². The zero-order chi connectivity index (χ0) is 12.3. The fourth-order valence-electron chi connectivity index (χ4n) is 3.35. The van der Waals surface area contributed by atoms with E-state index in [1.807, 2.05) is 0 Å². The number of nitrogens with zero attached hydrogens (tertiary/aromatic N) is 1. The summed E-state index contributed by atoms with van der Waals surface area (Å²) in [6, 6.07) is 0.746. The lowest BCUT2D eigenvalue weighted by Gasteiger charge is -2.39. The molecule has 17 heavy (non-hydrogen) atoms. The summed E-state index contributed by atoms with van der Waals surface area (Å²) in [6.07, 6.45) is 4.14. The highest BCUT2D eigenvalue weighted by Gasteiger charge is 2.26. The molecule has 4 unspecified atom stereocenters.